The first kappa shape index (κ1) is 28.1. The zero-order valence-electron chi connectivity index (χ0n) is 20.8. The number of imide groups is 2. The first-order chi connectivity index (χ1) is 19.4. The van der Waals surface area contributed by atoms with E-state index in [1.54, 1.807) is 6.08 Å². The molecule has 41 heavy (non-hydrogen) atoms. The standard InChI is InChI=1S/C27H19BrCl3N3O7/c28-11-32-24(38)26(30)10-18-15(21(27(26,31)25(32)39)17-9-12(29)1-8-19(17)35)6-7-16-20(18)23(37)33(22(16)36)13-2-4-14(5-3-13)34(40)41/h1-6,8-9,16,18,20-21,35H,7,10-11H2/t16-,18+,20-,21+,26+,27-/m0/s1. The topological polar surface area (TPSA) is 138 Å². The summed E-state index contributed by atoms with van der Waals surface area (Å²) in [6.45, 7) is 0. The van der Waals surface area contributed by atoms with Crippen LogP contribution in [0, 0.1) is 27.9 Å². The number of nitro benzene ring substituents is 1. The van der Waals surface area contributed by atoms with E-state index >= 15 is 0 Å². The molecule has 0 bridgehead atoms. The number of carbonyl (C=O) groups excluding carboxylic acids is 4. The molecule has 6 atom stereocenters. The maximum absolute atomic E-state index is 14.0. The van der Waals surface area contributed by atoms with Crippen molar-refractivity contribution in [3.63, 3.8) is 0 Å². The SMILES string of the molecule is O=C1[C@H]2[C@H](CC=C3[C@H]2C[C@@]2(Cl)C(=O)N(CBr)C(=O)[C@@]2(Cl)[C@H]3c2cc(Cl)ccc2O)C(=O)N1c1ccc([N+](=O)[O-])cc1. The van der Waals surface area contributed by atoms with Crippen molar-refractivity contribution >= 4 is 85.7 Å². The summed E-state index contributed by atoms with van der Waals surface area (Å²) in [5.74, 6) is -6.52. The summed E-state index contributed by atoms with van der Waals surface area (Å²) in [5, 5.41) is 22.3. The summed E-state index contributed by atoms with van der Waals surface area (Å²) in [6.07, 6.45) is 1.63. The largest absolute Gasteiger partial charge is 0.508 e. The number of phenols is 1. The van der Waals surface area contributed by atoms with Crippen LogP contribution in [0.3, 0.4) is 0 Å². The zero-order chi connectivity index (χ0) is 29.6. The number of hydrogen-bond acceptors (Lipinski definition) is 7. The van der Waals surface area contributed by atoms with E-state index in [9.17, 15) is 34.4 Å². The molecule has 2 aromatic carbocycles. The van der Waals surface area contributed by atoms with Gasteiger partial charge in [-0.05, 0) is 49.1 Å². The average Bonchev–Trinajstić information content (AvgIpc) is 3.28. The number of aromatic hydroxyl groups is 1. The highest BCUT2D eigenvalue weighted by atomic mass is 79.9. The Morgan fingerprint density at radius 3 is 2.34 bits per heavy atom. The Bertz CT molecular complexity index is 1600. The molecular formula is C27H19BrCl3N3O7. The van der Waals surface area contributed by atoms with Crippen LogP contribution in [0.2, 0.25) is 5.02 Å². The number of likely N-dealkylation sites (tertiary alicyclic amines) is 1. The van der Waals surface area contributed by atoms with Gasteiger partial charge in [-0.3, -0.25) is 39.1 Å². The van der Waals surface area contributed by atoms with Crippen LogP contribution in [0.25, 0.3) is 0 Å². The van der Waals surface area contributed by atoms with Crippen LogP contribution < -0.4 is 4.90 Å². The third-order valence-electron chi connectivity index (χ3n) is 8.63. The lowest BCUT2D eigenvalue weighted by molar-refractivity contribution is -0.384. The predicted molar refractivity (Wildman–Crippen MR) is 152 cm³/mol. The Kier molecular flexibility index (Phi) is 6.53. The fraction of sp³-hybridized carbons (Fsp3) is 0.333. The second-order valence-electron chi connectivity index (χ2n) is 10.5. The van der Waals surface area contributed by atoms with E-state index in [0.717, 1.165) is 9.80 Å². The van der Waals surface area contributed by atoms with Gasteiger partial charge in [-0.2, -0.15) is 0 Å². The van der Waals surface area contributed by atoms with Gasteiger partial charge in [0.2, 0.25) is 11.8 Å². The number of amides is 4. The summed E-state index contributed by atoms with van der Waals surface area (Å²) in [5.41, 5.74) is 0.455. The Morgan fingerprint density at radius 2 is 1.71 bits per heavy atom. The minimum Gasteiger partial charge on any atom is -0.508 e. The molecule has 0 unspecified atom stereocenters. The first-order valence-electron chi connectivity index (χ1n) is 12.5. The molecule has 1 N–H and O–H groups in total. The third kappa shape index (κ3) is 3.68. The summed E-state index contributed by atoms with van der Waals surface area (Å²) >= 11 is 23.7. The predicted octanol–water partition coefficient (Wildman–Crippen LogP) is 4.87. The number of nitrogens with zero attached hydrogens (tertiary/aromatic N) is 3. The average molecular weight is 684 g/mol. The van der Waals surface area contributed by atoms with Gasteiger partial charge in [0.05, 0.1) is 27.9 Å². The van der Waals surface area contributed by atoms with E-state index in [0.29, 0.717) is 5.57 Å². The van der Waals surface area contributed by atoms with Crippen molar-refractivity contribution in [1.29, 1.82) is 0 Å². The molecule has 10 nitrogen and oxygen atoms in total. The molecule has 14 heteroatoms. The molecule has 1 saturated carbocycles. The lowest BCUT2D eigenvalue weighted by Crippen LogP contribution is -2.60. The highest BCUT2D eigenvalue weighted by Crippen LogP contribution is 2.66. The second kappa shape index (κ2) is 9.52. The number of non-ortho nitro benzene ring substituents is 1. The van der Waals surface area contributed by atoms with E-state index in [-0.39, 0.29) is 46.0 Å². The maximum Gasteiger partial charge on any atom is 0.269 e. The van der Waals surface area contributed by atoms with Gasteiger partial charge in [0, 0.05) is 28.6 Å². The molecule has 0 aromatic heterocycles. The summed E-state index contributed by atoms with van der Waals surface area (Å²) in [7, 11) is 0. The Morgan fingerprint density at radius 1 is 1.02 bits per heavy atom. The van der Waals surface area contributed by atoms with Gasteiger partial charge >= 0.3 is 0 Å². The van der Waals surface area contributed by atoms with E-state index < -0.39 is 62.0 Å². The number of benzene rings is 2. The van der Waals surface area contributed by atoms with Crippen molar-refractivity contribution in [3.05, 3.63) is 74.8 Å². The third-order valence-corrected chi connectivity index (χ3v) is 10.8. The van der Waals surface area contributed by atoms with Crippen molar-refractivity contribution in [3.8, 4) is 5.75 Å². The van der Waals surface area contributed by atoms with Gasteiger partial charge in [-0.1, -0.05) is 39.2 Å². The van der Waals surface area contributed by atoms with Crippen molar-refractivity contribution < 1.29 is 29.2 Å². The molecule has 4 aliphatic rings. The molecule has 2 aliphatic heterocycles. The molecule has 2 aliphatic carbocycles. The second-order valence-corrected chi connectivity index (χ2v) is 12.7. The van der Waals surface area contributed by atoms with Crippen molar-refractivity contribution in [2.24, 2.45) is 17.8 Å². The monoisotopic (exact) mass is 681 g/mol. The first-order valence-corrected chi connectivity index (χ1v) is 14.7. The zero-order valence-corrected chi connectivity index (χ0v) is 24.7. The van der Waals surface area contributed by atoms with Gasteiger partial charge < -0.3 is 5.11 Å². The number of alkyl halides is 3. The van der Waals surface area contributed by atoms with E-state index in [1.165, 1.54) is 42.5 Å². The molecule has 2 saturated heterocycles. The van der Waals surface area contributed by atoms with Crippen molar-refractivity contribution in [2.75, 3.05) is 10.4 Å². The van der Waals surface area contributed by atoms with Crippen LogP contribution >= 0.6 is 50.7 Å². The van der Waals surface area contributed by atoms with Gasteiger partial charge in [-0.15, -0.1) is 23.2 Å². The number of hydrogen-bond donors (Lipinski definition) is 1. The normalized spacial score (nSPS) is 32.5. The number of carbonyl (C=O) groups is 4. The Hall–Kier alpha value is -2.99. The minimum atomic E-state index is -2.07. The lowest BCUT2D eigenvalue weighted by Gasteiger charge is -2.50. The van der Waals surface area contributed by atoms with Gasteiger partial charge in [-0.25, -0.2) is 0 Å². The fourth-order valence-electron chi connectivity index (χ4n) is 6.83. The lowest BCUT2D eigenvalue weighted by atomic mass is 9.56. The quantitative estimate of drug-likeness (QED) is 0.121. The number of phenolic OH excluding ortho intramolecular Hbond substituents is 1. The van der Waals surface area contributed by atoms with Crippen LogP contribution in [0.5, 0.6) is 5.75 Å². The van der Waals surface area contributed by atoms with E-state index in [4.69, 9.17) is 34.8 Å². The summed E-state index contributed by atoms with van der Waals surface area (Å²) in [6, 6.07) is 9.29. The summed E-state index contributed by atoms with van der Waals surface area (Å²) in [4.78, 5) is 63.3. The van der Waals surface area contributed by atoms with Crippen molar-refractivity contribution in [1.82, 2.24) is 4.90 Å². The number of anilines is 1. The van der Waals surface area contributed by atoms with Crippen LogP contribution in [-0.2, 0) is 19.2 Å². The molecular weight excluding hydrogens is 665 g/mol. The molecule has 0 spiro atoms. The van der Waals surface area contributed by atoms with Crippen LogP contribution in [-0.4, -0.2) is 53.8 Å². The number of allylic oxidation sites excluding steroid dienone is 2. The molecule has 4 amide bonds. The Balaban J connectivity index is 1.50. The molecule has 212 valence electrons. The van der Waals surface area contributed by atoms with Gasteiger partial charge in [0.15, 0.2) is 9.75 Å². The van der Waals surface area contributed by atoms with Crippen LogP contribution in [0.4, 0.5) is 11.4 Å². The smallest absolute Gasteiger partial charge is 0.269 e. The van der Waals surface area contributed by atoms with E-state index in [1.807, 2.05) is 0 Å². The molecule has 0 radical (unpaired) electrons. The Labute approximate surface area is 256 Å². The van der Waals surface area contributed by atoms with Gasteiger partial charge in [0.25, 0.3) is 17.5 Å². The fourth-order valence-corrected chi connectivity index (χ4v) is 8.43. The minimum absolute atomic E-state index is 0.120. The molecule has 2 aromatic rings. The number of fused-ring (bicyclic) bond motifs is 4. The molecule has 3 fully saturated rings. The number of nitro groups is 1. The summed E-state index contributed by atoms with van der Waals surface area (Å²) < 4.78 is 0. The van der Waals surface area contributed by atoms with Crippen LogP contribution in [0.1, 0.15) is 24.3 Å². The molecule has 6 rings (SSSR count). The highest BCUT2D eigenvalue weighted by Gasteiger charge is 2.76. The number of halogens is 4. The maximum atomic E-state index is 14.0. The number of rotatable bonds is 4. The molecule has 2 heterocycles. The highest BCUT2D eigenvalue weighted by molar-refractivity contribution is 9.09. The van der Waals surface area contributed by atoms with Crippen molar-refractivity contribution in [2.45, 2.75) is 28.5 Å². The van der Waals surface area contributed by atoms with E-state index in [2.05, 4.69) is 15.9 Å². The van der Waals surface area contributed by atoms with Gasteiger partial charge in [0.1, 0.15) is 5.75 Å². The van der Waals surface area contributed by atoms with Crippen LogP contribution in [0.15, 0.2) is 54.1 Å².